The van der Waals surface area contributed by atoms with Crippen LogP contribution >= 0.6 is 15.9 Å². The maximum Gasteiger partial charge on any atom is 0.291 e. The Morgan fingerprint density at radius 1 is 1.06 bits per heavy atom. The average Bonchev–Trinajstić information content (AvgIpc) is 3.45. The van der Waals surface area contributed by atoms with Crippen molar-refractivity contribution < 1.29 is 18.4 Å². The molecule has 0 saturated heterocycles. The molecule has 1 aliphatic heterocycles. The Morgan fingerprint density at radius 2 is 1.94 bits per heavy atom. The van der Waals surface area contributed by atoms with E-state index in [0.717, 1.165) is 29.3 Å². The van der Waals surface area contributed by atoms with Crippen molar-refractivity contribution in [3.8, 4) is 5.75 Å². The fraction of sp³-hybridized carbons (Fsp3) is 0.259. The van der Waals surface area contributed by atoms with Gasteiger partial charge < -0.3 is 18.5 Å². The quantitative estimate of drug-likeness (QED) is 0.248. The largest absolute Gasteiger partial charge is 0.494 e. The van der Waals surface area contributed by atoms with E-state index in [4.69, 9.17) is 13.6 Å². The monoisotopic (exact) mass is 521 g/mol. The predicted molar refractivity (Wildman–Crippen MR) is 132 cm³/mol. The van der Waals surface area contributed by atoms with Crippen LogP contribution in [0.5, 0.6) is 5.75 Å². The van der Waals surface area contributed by atoms with Gasteiger partial charge in [0.1, 0.15) is 17.1 Å². The number of benzene rings is 2. The van der Waals surface area contributed by atoms with Crippen LogP contribution < -0.4 is 10.2 Å². The molecule has 1 unspecified atom stereocenters. The summed E-state index contributed by atoms with van der Waals surface area (Å²) in [6.07, 6.45) is 4.76. The van der Waals surface area contributed by atoms with Crippen LogP contribution in [0.4, 0.5) is 0 Å². The zero-order chi connectivity index (χ0) is 23.7. The van der Waals surface area contributed by atoms with Gasteiger partial charge in [-0.3, -0.25) is 9.59 Å². The van der Waals surface area contributed by atoms with Crippen molar-refractivity contribution in [1.82, 2.24) is 4.90 Å². The van der Waals surface area contributed by atoms with Crippen molar-refractivity contribution in [1.29, 1.82) is 0 Å². The highest BCUT2D eigenvalue weighted by molar-refractivity contribution is 9.10. The first-order valence-corrected chi connectivity index (χ1v) is 12.2. The number of rotatable bonds is 8. The van der Waals surface area contributed by atoms with Crippen molar-refractivity contribution in [2.75, 3.05) is 6.61 Å². The summed E-state index contributed by atoms with van der Waals surface area (Å²) in [7, 11) is 0. The molecule has 0 saturated carbocycles. The molecule has 0 bridgehead atoms. The molecule has 174 valence electrons. The highest BCUT2D eigenvalue weighted by Gasteiger charge is 2.43. The fourth-order valence-corrected chi connectivity index (χ4v) is 4.75. The first-order chi connectivity index (χ1) is 16.6. The molecule has 2 aromatic heterocycles. The standard InChI is InChI=1S/C27H24BrNO5/c1-2-3-4-12-32-19-8-5-7-17(14-19)24-23-25(30)21-15-18(28)10-11-22(21)34-26(23)27(31)29(24)16-20-9-6-13-33-20/h5-11,13-15,24H,2-4,12,16H2,1H3. The fourth-order valence-electron chi connectivity index (χ4n) is 4.39. The van der Waals surface area contributed by atoms with Gasteiger partial charge in [0, 0.05) is 4.47 Å². The average molecular weight is 522 g/mol. The van der Waals surface area contributed by atoms with Crippen molar-refractivity contribution in [2.45, 2.75) is 38.8 Å². The highest BCUT2D eigenvalue weighted by atomic mass is 79.9. The number of furan rings is 1. The van der Waals surface area contributed by atoms with Gasteiger partial charge in [-0.25, -0.2) is 0 Å². The van der Waals surface area contributed by atoms with Crippen LogP contribution in [-0.2, 0) is 6.54 Å². The first kappa shape index (κ1) is 22.5. The van der Waals surface area contributed by atoms with Crippen LogP contribution in [0.3, 0.4) is 0 Å². The minimum atomic E-state index is -0.619. The van der Waals surface area contributed by atoms with Gasteiger partial charge in [0.2, 0.25) is 5.76 Å². The highest BCUT2D eigenvalue weighted by Crippen LogP contribution is 2.40. The molecule has 0 radical (unpaired) electrons. The molecule has 0 spiro atoms. The molecule has 34 heavy (non-hydrogen) atoms. The molecule has 1 atom stereocenters. The van der Waals surface area contributed by atoms with Crippen LogP contribution in [-0.4, -0.2) is 17.4 Å². The third-order valence-corrected chi connectivity index (χ3v) is 6.52. The minimum Gasteiger partial charge on any atom is -0.494 e. The number of carbonyl (C=O) groups excluding carboxylic acids is 1. The van der Waals surface area contributed by atoms with E-state index in [-0.39, 0.29) is 23.6 Å². The lowest BCUT2D eigenvalue weighted by Gasteiger charge is -2.24. The maximum absolute atomic E-state index is 13.7. The van der Waals surface area contributed by atoms with Gasteiger partial charge in [0.25, 0.3) is 5.91 Å². The molecule has 1 aliphatic rings. The molecule has 6 nitrogen and oxygen atoms in total. The first-order valence-electron chi connectivity index (χ1n) is 11.4. The maximum atomic E-state index is 13.7. The summed E-state index contributed by atoms with van der Waals surface area (Å²) in [5, 5.41) is 0.428. The normalized spacial score (nSPS) is 15.2. The molecule has 2 aromatic carbocycles. The van der Waals surface area contributed by atoms with Crippen LogP contribution in [0.15, 0.2) is 79.0 Å². The van der Waals surface area contributed by atoms with Crippen molar-refractivity contribution in [2.24, 2.45) is 0 Å². The Hall–Kier alpha value is -3.32. The number of hydrogen-bond donors (Lipinski definition) is 0. The van der Waals surface area contributed by atoms with Gasteiger partial charge in [-0.2, -0.15) is 0 Å². The minimum absolute atomic E-state index is 0.0747. The van der Waals surface area contributed by atoms with E-state index >= 15 is 0 Å². The van der Waals surface area contributed by atoms with E-state index in [1.807, 2.05) is 30.3 Å². The molecular weight excluding hydrogens is 498 g/mol. The molecule has 7 heteroatoms. The second kappa shape index (κ2) is 9.50. The number of halogens is 1. The van der Waals surface area contributed by atoms with Gasteiger partial charge in [0.05, 0.1) is 36.4 Å². The summed E-state index contributed by atoms with van der Waals surface area (Å²) in [6, 6.07) is 15.8. The predicted octanol–water partition coefficient (Wildman–Crippen LogP) is 6.46. The van der Waals surface area contributed by atoms with Crippen molar-refractivity contribution in [3.05, 3.63) is 98.2 Å². The lowest BCUT2D eigenvalue weighted by Crippen LogP contribution is -2.29. The number of ether oxygens (including phenoxy) is 1. The van der Waals surface area contributed by atoms with E-state index in [1.165, 1.54) is 0 Å². The molecule has 5 rings (SSSR count). The second-order valence-electron chi connectivity index (χ2n) is 8.36. The Labute approximate surface area is 205 Å². The summed E-state index contributed by atoms with van der Waals surface area (Å²) in [4.78, 5) is 28.8. The van der Waals surface area contributed by atoms with Crippen molar-refractivity contribution in [3.63, 3.8) is 0 Å². The van der Waals surface area contributed by atoms with E-state index in [1.54, 1.807) is 35.4 Å². The van der Waals surface area contributed by atoms with Gasteiger partial charge >= 0.3 is 0 Å². The van der Waals surface area contributed by atoms with Gasteiger partial charge in [-0.1, -0.05) is 47.8 Å². The molecule has 0 fully saturated rings. The molecule has 3 heterocycles. The van der Waals surface area contributed by atoms with E-state index < -0.39 is 6.04 Å². The summed E-state index contributed by atoms with van der Waals surface area (Å²) < 4.78 is 18.2. The third-order valence-electron chi connectivity index (χ3n) is 6.02. The zero-order valence-corrected chi connectivity index (χ0v) is 20.3. The molecule has 0 N–H and O–H groups in total. The summed E-state index contributed by atoms with van der Waals surface area (Å²) in [5.41, 5.74) is 1.29. The number of carbonyl (C=O) groups is 1. The van der Waals surface area contributed by atoms with E-state index in [2.05, 4.69) is 22.9 Å². The molecular formula is C27H24BrNO5. The lowest BCUT2D eigenvalue weighted by molar-refractivity contribution is 0.0701. The summed E-state index contributed by atoms with van der Waals surface area (Å²) in [6.45, 7) is 2.98. The number of hydrogen-bond acceptors (Lipinski definition) is 5. The number of unbranched alkanes of at least 4 members (excludes halogenated alkanes) is 2. The van der Waals surface area contributed by atoms with E-state index in [9.17, 15) is 9.59 Å². The Bertz CT molecular complexity index is 1390. The smallest absolute Gasteiger partial charge is 0.291 e. The SMILES string of the molecule is CCCCCOc1cccc(C2c3c(oc4ccc(Br)cc4c3=O)C(=O)N2Cc2ccco2)c1. The number of nitrogens with zero attached hydrogens (tertiary/aromatic N) is 1. The van der Waals surface area contributed by atoms with Crippen LogP contribution in [0.1, 0.15) is 59.7 Å². The van der Waals surface area contributed by atoms with Crippen molar-refractivity contribution >= 4 is 32.8 Å². The number of fused-ring (bicyclic) bond motifs is 2. The molecule has 4 aromatic rings. The van der Waals surface area contributed by atoms with Gasteiger partial charge in [-0.15, -0.1) is 0 Å². The van der Waals surface area contributed by atoms with Gasteiger partial charge in [-0.05, 0) is 54.4 Å². The third kappa shape index (κ3) is 4.16. The van der Waals surface area contributed by atoms with Gasteiger partial charge in [0.15, 0.2) is 5.43 Å². The second-order valence-corrected chi connectivity index (χ2v) is 9.27. The van der Waals surface area contributed by atoms with E-state index in [0.29, 0.717) is 34.6 Å². The summed E-state index contributed by atoms with van der Waals surface area (Å²) >= 11 is 3.43. The Morgan fingerprint density at radius 3 is 2.74 bits per heavy atom. The number of amides is 1. The van der Waals surface area contributed by atoms with Crippen LogP contribution in [0.2, 0.25) is 0 Å². The zero-order valence-electron chi connectivity index (χ0n) is 18.8. The summed E-state index contributed by atoms with van der Waals surface area (Å²) in [5.74, 6) is 1.07. The lowest BCUT2D eigenvalue weighted by atomic mass is 9.98. The molecule has 1 amide bonds. The molecule has 0 aliphatic carbocycles. The van der Waals surface area contributed by atoms with Crippen LogP contribution in [0.25, 0.3) is 11.0 Å². The Kier molecular flexibility index (Phi) is 6.28. The topological polar surface area (TPSA) is 72.9 Å². The Balaban J connectivity index is 1.61. The van der Waals surface area contributed by atoms with Crippen LogP contribution in [0, 0.1) is 0 Å².